The van der Waals surface area contributed by atoms with E-state index >= 15 is 0 Å². The molecule has 0 unspecified atom stereocenters. The molecule has 0 atom stereocenters. The summed E-state index contributed by atoms with van der Waals surface area (Å²) in [4.78, 5) is 0. The molecule has 0 radical (unpaired) electrons. The Labute approximate surface area is 126 Å². The van der Waals surface area contributed by atoms with E-state index in [1.54, 1.807) is 0 Å². The van der Waals surface area contributed by atoms with Gasteiger partial charge < -0.3 is 0 Å². The number of hydrogen-bond donors (Lipinski definition) is 0. The van der Waals surface area contributed by atoms with Crippen molar-refractivity contribution in [2.24, 2.45) is 10.2 Å². The van der Waals surface area contributed by atoms with E-state index in [4.69, 9.17) is 0 Å². The summed E-state index contributed by atoms with van der Waals surface area (Å²) in [6.45, 7) is 3.66. The summed E-state index contributed by atoms with van der Waals surface area (Å²) in [7, 11) is 0. The van der Waals surface area contributed by atoms with Gasteiger partial charge in [-0.2, -0.15) is 10.2 Å². The molecule has 0 aliphatic rings. The molecule has 22 heavy (non-hydrogen) atoms. The van der Waals surface area contributed by atoms with Crippen molar-refractivity contribution >= 4 is 12.4 Å². The largest absolute Gasteiger partial charge is 0.204 e. The van der Waals surface area contributed by atoms with E-state index in [1.807, 2.05) is 30.3 Å². The van der Waals surface area contributed by atoms with Crippen molar-refractivity contribution < 1.29 is 13.2 Å². The molecule has 0 saturated heterocycles. The minimum absolute atomic E-state index is 0.0925. The number of rotatable bonds is 5. The molecule has 0 spiro atoms. The van der Waals surface area contributed by atoms with Crippen molar-refractivity contribution in [3.05, 3.63) is 83.2 Å². The highest BCUT2D eigenvalue weighted by atomic mass is 19.2. The van der Waals surface area contributed by atoms with Crippen molar-refractivity contribution in [2.45, 2.75) is 6.42 Å². The molecule has 2 aromatic carbocycles. The SMILES string of the molecule is C=CCc1ccc(/C=N/N=C/c2cc(F)c(F)c(F)c2)cc1. The Kier molecular flexibility index (Phi) is 5.25. The van der Waals surface area contributed by atoms with Gasteiger partial charge in [-0.1, -0.05) is 30.3 Å². The molecule has 2 aromatic rings. The van der Waals surface area contributed by atoms with Crippen LogP contribution in [0.4, 0.5) is 13.2 Å². The van der Waals surface area contributed by atoms with Crippen LogP contribution >= 0.6 is 0 Å². The molecule has 0 amide bonds. The maximum Gasteiger partial charge on any atom is 0.194 e. The molecule has 0 N–H and O–H groups in total. The van der Waals surface area contributed by atoms with Gasteiger partial charge in [-0.25, -0.2) is 13.2 Å². The first kappa shape index (κ1) is 15.7. The van der Waals surface area contributed by atoms with Crippen LogP contribution in [0.3, 0.4) is 0 Å². The summed E-state index contributed by atoms with van der Waals surface area (Å²) >= 11 is 0. The van der Waals surface area contributed by atoms with Crippen LogP contribution in [0.2, 0.25) is 0 Å². The molecule has 0 fully saturated rings. The first-order valence-electron chi connectivity index (χ1n) is 6.51. The summed E-state index contributed by atoms with van der Waals surface area (Å²) in [5.41, 5.74) is 2.06. The second kappa shape index (κ2) is 7.36. The van der Waals surface area contributed by atoms with E-state index in [1.165, 1.54) is 6.21 Å². The van der Waals surface area contributed by atoms with Crippen LogP contribution < -0.4 is 0 Å². The molecular weight excluding hydrogens is 289 g/mol. The van der Waals surface area contributed by atoms with Gasteiger partial charge in [0.1, 0.15) is 0 Å². The zero-order chi connectivity index (χ0) is 15.9. The molecule has 0 bridgehead atoms. The molecule has 0 heterocycles. The van der Waals surface area contributed by atoms with Crippen LogP contribution in [-0.4, -0.2) is 12.4 Å². The van der Waals surface area contributed by atoms with Crippen LogP contribution in [0, 0.1) is 17.5 Å². The van der Waals surface area contributed by atoms with Crippen molar-refractivity contribution in [1.29, 1.82) is 0 Å². The fourth-order valence-electron chi connectivity index (χ4n) is 1.76. The van der Waals surface area contributed by atoms with Gasteiger partial charge >= 0.3 is 0 Å². The predicted octanol–water partition coefficient (Wildman–Crippen LogP) is 4.29. The van der Waals surface area contributed by atoms with Crippen LogP contribution in [-0.2, 0) is 6.42 Å². The number of halogens is 3. The Morgan fingerprint density at radius 3 is 1.95 bits per heavy atom. The summed E-state index contributed by atoms with van der Waals surface area (Å²) in [6.07, 6.45) is 5.25. The maximum absolute atomic E-state index is 13.0. The van der Waals surface area contributed by atoms with Crippen molar-refractivity contribution in [3.8, 4) is 0 Å². The summed E-state index contributed by atoms with van der Waals surface area (Å²) in [5, 5.41) is 7.46. The summed E-state index contributed by atoms with van der Waals surface area (Å²) < 4.78 is 38.8. The summed E-state index contributed by atoms with van der Waals surface area (Å²) in [6, 6.07) is 9.32. The number of benzene rings is 2. The van der Waals surface area contributed by atoms with Crippen LogP contribution in [0.5, 0.6) is 0 Å². The number of hydrogen-bond acceptors (Lipinski definition) is 2. The smallest absolute Gasteiger partial charge is 0.194 e. The van der Waals surface area contributed by atoms with Gasteiger partial charge in [-0.3, -0.25) is 0 Å². The Morgan fingerprint density at radius 2 is 1.41 bits per heavy atom. The predicted molar refractivity (Wildman–Crippen MR) is 81.8 cm³/mol. The molecule has 0 aliphatic heterocycles. The third-order valence-corrected chi connectivity index (χ3v) is 2.85. The normalized spacial score (nSPS) is 11.4. The topological polar surface area (TPSA) is 24.7 Å². The second-order valence-corrected chi connectivity index (χ2v) is 4.52. The highest BCUT2D eigenvalue weighted by Crippen LogP contribution is 2.12. The lowest BCUT2D eigenvalue weighted by Gasteiger charge is -1.97. The Bertz CT molecular complexity index is 696. The first-order valence-corrected chi connectivity index (χ1v) is 6.51. The molecule has 0 aliphatic carbocycles. The lowest BCUT2D eigenvalue weighted by atomic mass is 10.1. The van der Waals surface area contributed by atoms with Crippen LogP contribution in [0.15, 0.2) is 59.3 Å². The zero-order valence-electron chi connectivity index (χ0n) is 11.6. The Hall–Kier alpha value is -2.69. The van der Waals surface area contributed by atoms with Crippen LogP contribution in [0.25, 0.3) is 0 Å². The van der Waals surface area contributed by atoms with Gasteiger partial charge in [0.2, 0.25) is 0 Å². The molecule has 112 valence electrons. The Morgan fingerprint density at radius 1 is 0.864 bits per heavy atom. The fraction of sp³-hybridized carbons (Fsp3) is 0.0588. The number of allylic oxidation sites excluding steroid dienone is 1. The molecule has 0 aromatic heterocycles. The van der Waals surface area contributed by atoms with Crippen LogP contribution in [0.1, 0.15) is 16.7 Å². The first-order chi connectivity index (χ1) is 10.6. The van der Waals surface area contributed by atoms with Gasteiger partial charge in [0.15, 0.2) is 17.5 Å². The fourth-order valence-corrected chi connectivity index (χ4v) is 1.76. The van der Waals surface area contributed by atoms with E-state index in [-0.39, 0.29) is 5.56 Å². The lowest BCUT2D eigenvalue weighted by Crippen LogP contribution is -1.93. The van der Waals surface area contributed by atoms with Crippen molar-refractivity contribution in [1.82, 2.24) is 0 Å². The van der Waals surface area contributed by atoms with Gasteiger partial charge in [0, 0.05) is 5.56 Å². The monoisotopic (exact) mass is 302 g/mol. The highest BCUT2D eigenvalue weighted by Gasteiger charge is 2.09. The third kappa shape index (κ3) is 4.15. The van der Waals surface area contributed by atoms with Gasteiger partial charge in [0.05, 0.1) is 12.4 Å². The van der Waals surface area contributed by atoms with E-state index in [0.717, 1.165) is 35.9 Å². The maximum atomic E-state index is 13.0. The van der Waals surface area contributed by atoms with Crippen molar-refractivity contribution in [2.75, 3.05) is 0 Å². The molecule has 2 rings (SSSR count). The average Bonchev–Trinajstić information content (AvgIpc) is 2.51. The van der Waals surface area contributed by atoms with Crippen molar-refractivity contribution in [3.63, 3.8) is 0 Å². The standard InChI is InChI=1S/C17H13F3N2/c1-2-3-12-4-6-13(7-5-12)10-21-22-11-14-8-15(18)17(20)16(19)9-14/h2,4-11H,1,3H2/b21-10+,22-11+. The number of nitrogens with zero attached hydrogens (tertiary/aromatic N) is 2. The third-order valence-electron chi connectivity index (χ3n) is 2.85. The zero-order valence-corrected chi connectivity index (χ0v) is 11.6. The van der Waals surface area contributed by atoms with E-state index in [9.17, 15) is 13.2 Å². The molecule has 0 saturated carbocycles. The van der Waals surface area contributed by atoms with Gasteiger partial charge in [-0.15, -0.1) is 6.58 Å². The minimum Gasteiger partial charge on any atom is -0.204 e. The molecule has 2 nitrogen and oxygen atoms in total. The van der Waals surface area contributed by atoms with E-state index in [0.29, 0.717) is 0 Å². The van der Waals surface area contributed by atoms with Gasteiger partial charge in [0.25, 0.3) is 0 Å². The second-order valence-electron chi connectivity index (χ2n) is 4.52. The van der Waals surface area contributed by atoms with E-state index < -0.39 is 17.5 Å². The molecular formula is C17H13F3N2. The lowest BCUT2D eigenvalue weighted by molar-refractivity contribution is 0.447. The minimum atomic E-state index is -1.50. The highest BCUT2D eigenvalue weighted by molar-refractivity contribution is 5.82. The Balaban J connectivity index is 2.04. The molecule has 5 heteroatoms. The summed E-state index contributed by atoms with van der Waals surface area (Å²) in [5.74, 6) is -4.02. The van der Waals surface area contributed by atoms with E-state index in [2.05, 4.69) is 16.8 Å². The van der Waals surface area contributed by atoms with Gasteiger partial charge in [-0.05, 0) is 29.7 Å². The quantitative estimate of drug-likeness (QED) is 0.341. The average molecular weight is 302 g/mol.